The van der Waals surface area contributed by atoms with E-state index in [0.717, 1.165) is 17.1 Å². The Balaban J connectivity index is 2.27. The highest BCUT2D eigenvalue weighted by Crippen LogP contribution is 2.43. The average Bonchev–Trinajstić information content (AvgIpc) is 2.91. The molecule has 0 saturated heterocycles. The fourth-order valence-electron chi connectivity index (χ4n) is 2.56. The third-order valence-corrected chi connectivity index (χ3v) is 4.14. The minimum absolute atomic E-state index is 0.0301. The first-order valence-electron chi connectivity index (χ1n) is 6.12. The monoisotopic (exact) mass is 254 g/mol. The average molecular weight is 255 g/mol. The number of hydrogen-bond acceptors (Lipinski definition) is 2. The Morgan fingerprint density at radius 3 is 2.47 bits per heavy atom. The summed E-state index contributed by atoms with van der Waals surface area (Å²) in [4.78, 5) is 0. The Morgan fingerprint density at radius 1 is 1.18 bits per heavy atom. The van der Waals surface area contributed by atoms with Gasteiger partial charge in [-0.15, -0.1) is 11.6 Å². The molecule has 1 aromatic rings. The van der Waals surface area contributed by atoms with Crippen LogP contribution in [-0.2, 0) is 0 Å². The van der Waals surface area contributed by atoms with Gasteiger partial charge in [-0.05, 0) is 37.0 Å². The zero-order chi connectivity index (χ0) is 12.3. The van der Waals surface area contributed by atoms with Crippen LogP contribution in [0.2, 0.25) is 0 Å². The van der Waals surface area contributed by atoms with Crippen LogP contribution in [0.1, 0.15) is 36.6 Å². The van der Waals surface area contributed by atoms with Crippen LogP contribution < -0.4 is 9.47 Å². The molecule has 0 amide bonds. The molecule has 1 unspecified atom stereocenters. The predicted molar refractivity (Wildman–Crippen MR) is 70.1 cm³/mol. The zero-order valence-corrected chi connectivity index (χ0v) is 11.2. The highest BCUT2D eigenvalue weighted by Gasteiger charge is 2.27. The lowest BCUT2D eigenvalue weighted by Crippen LogP contribution is -2.05. The van der Waals surface area contributed by atoms with Gasteiger partial charge in [-0.3, -0.25) is 0 Å². The first-order valence-corrected chi connectivity index (χ1v) is 6.56. The first kappa shape index (κ1) is 12.6. The van der Waals surface area contributed by atoms with E-state index in [2.05, 4.69) is 0 Å². The fourth-order valence-corrected chi connectivity index (χ4v) is 2.98. The smallest absolute Gasteiger partial charge is 0.123 e. The number of hydrogen-bond donors (Lipinski definition) is 0. The molecule has 2 rings (SSSR count). The van der Waals surface area contributed by atoms with Crippen LogP contribution in [0.3, 0.4) is 0 Å². The van der Waals surface area contributed by atoms with Crippen LogP contribution in [-0.4, -0.2) is 14.2 Å². The SMILES string of the molecule is COc1ccc(OC)c(C(Cl)C2CCCC2)c1. The third-order valence-electron chi connectivity index (χ3n) is 3.55. The van der Waals surface area contributed by atoms with E-state index in [4.69, 9.17) is 21.1 Å². The Labute approximate surface area is 108 Å². The van der Waals surface area contributed by atoms with Crippen molar-refractivity contribution in [3.8, 4) is 11.5 Å². The molecule has 0 aliphatic heterocycles. The lowest BCUT2D eigenvalue weighted by Gasteiger charge is -2.20. The summed E-state index contributed by atoms with van der Waals surface area (Å²) in [5.74, 6) is 2.26. The van der Waals surface area contributed by atoms with Crippen molar-refractivity contribution in [1.29, 1.82) is 0 Å². The van der Waals surface area contributed by atoms with Crippen molar-refractivity contribution in [2.75, 3.05) is 14.2 Å². The second-order valence-electron chi connectivity index (χ2n) is 4.55. The van der Waals surface area contributed by atoms with Crippen LogP contribution in [0.5, 0.6) is 11.5 Å². The number of benzene rings is 1. The van der Waals surface area contributed by atoms with E-state index in [9.17, 15) is 0 Å². The Kier molecular flexibility index (Phi) is 4.16. The molecule has 1 aromatic carbocycles. The zero-order valence-electron chi connectivity index (χ0n) is 10.4. The molecule has 0 N–H and O–H groups in total. The predicted octanol–water partition coefficient (Wildman–Crippen LogP) is 4.17. The molecule has 1 aliphatic rings. The van der Waals surface area contributed by atoms with Crippen LogP contribution in [0.4, 0.5) is 0 Å². The highest BCUT2D eigenvalue weighted by molar-refractivity contribution is 6.21. The quantitative estimate of drug-likeness (QED) is 0.751. The van der Waals surface area contributed by atoms with Gasteiger partial charge in [-0.1, -0.05) is 12.8 Å². The van der Waals surface area contributed by atoms with Gasteiger partial charge in [0.1, 0.15) is 11.5 Å². The summed E-state index contributed by atoms with van der Waals surface area (Å²) < 4.78 is 10.6. The van der Waals surface area contributed by atoms with Gasteiger partial charge in [0.15, 0.2) is 0 Å². The first-order chi connectivity index (χ1) is 8.26. The summed E-state index contributed by atoms with van der Waals surface area (Å²) in [6.07, 6.45) is 5.02. The molecule has 1 atom stereocenters. The van der Waals surface area contributed by atoms with Gasteiger partial charge in [0.05, 0.1) is 19.6 Å². The molecule has 1 aliphatic carbocycles. The van der Waals surface area contributed by atoms with Crippen molar-refractivity contribution in [2.24, 2.45) is 5.92 Å². The topological polar surface area (TPSA) is 18.5 Å². The van der Waals surface area contributed by atoms with E-state index in [0.29, 0.717) is 5.92 Å². The molecule has 1 saturated carbocycles. The standard InChI is InChI=1S/C14H19ClO2/c1-16-11-7-8-13(17-2)12(9-11)14(15)10-5-3-4-6-10/h7-10,14H,3-6H2,1-2H3. The molecular weight excluding hydrogens is 236 g/mol. The van der Waals surface area contributed by atoms with Gasteiger partial charge >= 0.3 is 0 Å². The lowest BCUT2D eigenvalue weighted by atomic mass is 9.96. The number of alkyl halides is 1. The van der Waals surface area contributed by atoms with Crippen molar-refractivity contribution >= 4 is 11.6 Å². The van der Waals surface area contributed by atoms with E-state index in [1.54, 1.807) is 14.2 Å². The summed E-state index contributed by atoms with van der Waals surface area (Å²) in [5.41, 5.74) is 1.06. The van der Waals surface area contributed by atoms with Gasteiger partial charge in [-0.2, -0.15) is 0 Å². The number of ether oxygens (including phenoxy) is 2. The maximum absolute atomic E-state index is 6.59. The van der Waals surface area contributed by atoms with Crippen LogP contribution in [0.15, 0.2) is 18.2 Å². The summed E-state index contributed by atoms with van der Waals surface area (Å²) >= 11 is 6.59. The van der Waals surface area contributed by atoms with E-state index in [1.165, 1.54) is 25.7 Å². The minimum Gasteiger partial charge on any atom is -0.497 e. The largest absolute Gasteiger partial charge is 0.497 e. The normalized spacial score (nSPS) is 18.1. The summed E-state index contributed by atoms with van der Waals surface area (Å²) in [5, 5.41) is 0.0301. The maximum Gasteiger partial charge on any atom is 0.123 e. The van der Waals surface area contributed by atoms with Gasteiger partial charge in [0, 0.05) is 5.56 Å². The third kappa shape index (κ3) is 2.68. The van der Waals surface area contributed by atoms with Crippen LogP contribution in [0, 0.1) is 5.92 Å². The van der Waals surface area contributed by atoms with Crippen LogP contribution >= 0.6 is 11.6 Å². The number of halogens is 1. The number of methoxy groups -OCH3 is 2. The molecule has 0 spiro atoms. The minimum atomic E-state index is 0.0301. The second-order valence-corrected chi connectivity index (χ2v) is 5.02. The van der Waals surface area contributed by atoms with Crippen molar-refractivity contribution in [1.82, 2.24) is 0 Å². The van der Waals surface area contributed by atoms with Crippen molar-refractivity contribution < 1.29 is 9.47 Å². The molecule has 1 fully saturated rings. The molecule has 2 nitrogen and oxygen atoms in total. The Hall–Kier alpha value is -0.890. The van der Waals surface area contributed by atoms with Crippen molar-refractivity contribution in [2.45, 2.75) is 31.1 Å². The van der Waals surface area contributed by atoms with E-state index >= 15 is 0 Å². The molecule has 3 heteroatoms. The Morgan fingerprint density at radius 2 is 1.88 bits per heavy atom. The molecule has 0 radical (unpaired) electrons. The van der Waals surface area contributed by atoms with E-state index in [-0.39, 0.29) is 5.38 Å². The van der Waals surface area contributed by atoms with Gasteiger partial charge in [-0.25, -0.2) is 0 Å². The summed E-state index contributed by atoms with van der Waals surface area (Å²) in [6, 6.07) is 5.83. The lowest BCUT2D eigenvalue weighted by molar-refractivity contribution is 0.392. The summed E-state index contributed by atoms with van der Waals surface area (Å²) in [6.45, 7) is 0. The Bertz CT molecular complexity index is 372. The molecule has 94 valence electrons. The molecule has 0 bridgehead atoms. The summed E-state index contributed by atoms with van der Waals surface area (Å²) in [7, 11) is 3.36. The van der Waals surface area contributed by atoms with Crippen molar-refractivity contribution in [3.63, 3.8) is 0 Å². The fraction of sp³-hybridized carbons (Fsp3) is 0.571. The molecule has 0 heterocycles. The van der Waals surface area contributed by atoms with Gasteiger partial charge in [0.25, 0.3) is 0 Å². The second kappa shape index (κ2) is 5.63. The molecule has 17 heavy (non-hydrogen) atoms. The maximum atomic E-state index is 6.59. The number of rotatable bonds is 4. The van der Waals surface area contributed by atoms with E-state index in [1.807, 2.05) is 18.2 Å². The highest BCUT2D eigenvalue weighted by atomic mass is 35.5. The van der Waals surface area contributed by atoms with Crippen LogP contribution in [0.25, 0.3) is 0 Å². The molecule has 0 aromatic heterocycles. The van der Waals surface area contributed by atoms with Gasteiger partial charge in [0.2, 0.25) is 0 Å². The van der Waals surface area contributed by atoms with E-state index < -0.39 is 0 Å². The van der Waals surface area contributed by atoms with Crippen molar-refractivity contribution in [3.05, 3.63) is 23.8 Å². The van der Waals surface area contributed by atoms with Gasteiger partial charge < -0.3 is 9.47 Å². The molecular formula is C14H19ClO2.